The number of sulfonamides is 1. The third-order valence-corrected chi connectivity index (χ3v) is 5.96. The Morgan fingerprint density at radius 1 is 1.19 bits per heavy atom. The van der Waals surface area contributed by atoms with Gasteiger partial charge in [-0.3, -0.25) is 9.10 Å². The summed E-state index contributed by atoms with van der Waals surface area (Å²) in [5, 5.41) is 4.25. The number of hydrogen-bond acceptors (Lipinski definition) is 4. The molecular weight excluding hydrogens is 477 g/mol. The molecular formula is C17H16BrCl2N3O3S. The molecule has 0 unspecified atom stereocenters. The van der Waals surface area contributed by atoms with E-state index in [0.717, 1.165) is 20.6 Å². The monoisotopic (exact) mass is 491 g/mol. The first-order chi connectivity index (χ1) is 12.6. The van der Waals surface area contributed by atoms with Crippen molar-refractivity contribution in [2.75, 3.05) is 17.1 Å². The Morgan fingerprint density at radius 3 is 2.41 bits per heavy atom. The molecule has 0 bridgehead atoms. The van der Waals surface area contributed by atoms with Crippen molar-refractivity contribution in [2.24, 2.45) is 5.10 Å². The predicted molar refractivity (Wildman–Crippen MR) is 113 cm³/mol. The SMILES string of the molecule is C/C(=N/NC(=O)CN(c1cccc(Cl)c1Cl)S(C)(=O)=O)c1ccc(Br)cc1. The summed E-state index contributed by atoms with van der Waals surface area (Å²) >= 11 is 15.4. The number of hydrogen-bond donors (Lipinski definition) is 1. The number of nitrogens with one attached hydrogen (secondary N) is 1. The van der Waals surface area contributed by atoms with Crippen LogP contribution in [0.1, 0.15) is 12.5 Å². The van der Waals surface area contributed by atoms with Gasteiger partial charge in [-0.05, 0) is 36.8 Å². The molecule has 0 spiro atoms. The van der Waals surface area contributed by atoms with Crippen LogP contribution in [0.25, 0.3) is 0 Å². The van der Waals surface area contributed by atoms with Crippen molar-refractivity contribution in [3.8, 4) is 0 Å². The maximum atomic E-state index is 12.3. The van der Waals surface area contributed by atoms with E-state index in [-0.39, 0.29) is 15.7 Å². The molecule has 1 amide bonds. The summed E-state index contributed by atoms with van der Waals surface area (Å²) in [5.41, 5.74) is 3.87. The zero-order valence-corrected chi connectivity index (χ0v) is 18.3. The Balaban J connectivity index is 2.18. The summed E-state index contributed by atoms with van der Waals surface area (Å²) in [4.78, 5) is 12.3. The average Bonchev–Trinajstić information content (AvgIpc) is 2.60. The summed E-state index contributed by atoms with van der Waals surface area (Å²) < 4.78 is 26.1. The van der Waals surface area contributed by atoms with E-state index in [9.17, 15) is 13.2 Å². The molecule has 144 valence electrons. The molecule has 2 aromatic rings. The van der Waals surface area contributed by atoms with Crippen molar-refractivity contribution in [3.05, 3.63) is 62.5 Å². The highest BCUT2D eigenvalue weighted by atomic mass is 79.9. The van der Waals surface area contributed by atoms with Gasteiger partial charge in [0.15, 0.2) is 0 Å². The van der Waals surface area contributed by atoms with Gasteiger partial charge < -0.3 is 0 Å². The van der Waals surface area contributed by atoms with Gasteiger partial charge in [-0.25, -0.2) is 13.8 Å². The van der Waals surface area contributed by atoms with Crippen LogP contribution in [-0.2, 0) is 14.8 Å². The average molecular weight is 493 g/mol. The zero-order chi connectivity index (χ0) is 20.2. The molecule has 0 heterocycles. The lowest BCUT2D eigenvalue weighted by Crippen LogP contribution is -2.39. The van der Waals surface area contributed by atoms with E-state index in [0.29, 0.717) is 5.71 Å². The first kappa shape index (κ1) is 21.7. The summed E-state index contributed by atoms with van der Waals surface area (Å²) in [5.74, 6) is -0.618. The van der Waals surface area contributed by atoms with E-state index in [1.807, 2.05) is 24.3 Å². The highest BCUT2D eigenvalue weighted by molar-refractivity contribution is 9.10. The molecule has 0 fully saturated rings. The molecule has 0 radical (unpaired) electrons. The molecule has 6 nitrogen and oxygen atoms in total. The van der Waals surface area contributed by atoms with Gasteiger partial charge in [0, 0.05) is 4.47 Å². The quantitative estimate of drug-likeness (QED) is 0.487. The van der Waals surface area contributed by atoms with Crippen LogP contribution >= 0.6 is 39.1 Å². The van der Waals surface area contributed by atoms with Gasteiger partial charge in [-0.2, -0.15) is 5.10 Å². The summed E-state index contributed by atoms with van der Waals surface area (Å²) in [6.07, 6.45) is 0.980. The van der Waals surface area contributed by atoms with E-state index < -0.39 is 22.5 Å². The molecule has 0 aliphatic carbocycles. The van der Waals surface area contributed by atoms with E-state index >= 15 is 0 Å². The molecule has 0 aliphatic rings. The highest BCUT2D eigenvalue weighted by Gasteiger charge is 2.23. The van der Waals surface area contributed by atoms with Gasteiger partial charge in [-0.15, -0.1) is 0 Å². The Kier molecular flexibility index (Phi) is 7.27. The number of amides is 1. The Hall–Kier alpha value is -1.61. The Labute approximate surface area is 176 Å². The van der Waals surface area contributed by atoms with Crippen molar-refractivity contribution in [1.29, 1.82) is 0 Å². The summed E-state index contributed by atoms with van der Waals surface area (Å²) in [6, 6.07) is 11.9. The number of nitrogens with zero attached hydrogens (tertiary/aromatic N) is 2. The molecule has 0 saturated carbocycles. The third kappa shape index (κ3) is 5.93. The van der Waals surface area contributed by atoms with Crippen LogP contribution in [0.4, 0.5) is 5.69 Å². The van der Waals surface area contributed by atoms with Gasteiger partial charge in [0.1, 0.15) is 6.54 Å². The van der Waals surface area contributed by atoms with E-state index in [1.165, 1.54) is 12.1 Å². The molecule has 0 aliphatic heterocycles. The van der Waals surface area contributed by atoms with Crippen molar-refractivity contribution in [3.63, 3.8) is 0 Å². The van der Waals surface area contributed by atoms with Crippen LogP contribution in [0.15, 0.2) is 52.0 Å². The van der Waals surface area contributed by atoms with Crippen molar-refractivity contribution >= 4 is 66.5 Å². The largest absolute Gasteiger partial charge is 0.271 e. The minimum atomic E-state index is -3.77. The number of halogens is 3. The molecule has 2 aromatic carbocycles. The van der Waals surface area contributed by atoms with Crippen LogP contribution < -0.4 is 9.73 Å². The minimum Gasteiger partial charge on any atom is -0.271 e. The Morgan fingerprint density at radius 2 is 1.81 bits per heavy atom. The number of benzene rings is 2. The molecule has 10 heteroatoms. The van der Waals surface area contributed by atoms with E-state index in [4.69, 9.17) is 23.2 Å². The van der Waals surface area contributed by atoms with Gasteiger partial charge in [0.05, 0.1) is 27.7 Å². The van der Waals surface area contributed by atoms with E-state index in [1.54, 1.807) is 13.0 Å². The van der Waals surface area contributed by atoms with Crippen LogP contribution in [-0.4, -0.2) is 32.8 Å². The lowest BCUT2D eigenvalue weighted by Gasteiger charge is -2.22. The van der Waals surface area contributed by atoms with Crippen LogP contribution in [0.2, 0.25) is 10.0 Å². The molecule has 2 rings (SSSR count). The normalized spacial score (nSPS) is 12.0. The maximum Gasteiger partial charge on any atom is 0.260 e. The fourth-order valence-corrected chi connectivity index (χ4v) is 3.71. The fraction of sp³-hybridized carbons (Fsp3) is 0.176. The summed E-state index contributed by atoms with van der Waals surface area (Å²) in [7, 11) is -3.77. The number of hydrazone groups is 1. The Bertz CT molecular complexity index is 979. The first-order valence-electron chi connectivity index (χ1n) is 7.60. The van der Waals surface area contributed by atoms with Crippen molar-refractivity contribution < 1.29 is 13.2 Å². The predicted octanol–water partition coefficient (Wildman–Crippen LogP) is 4.06. The summed E-state index contributed by atoms with van der Waals surface area (Å²) in [6.45, 7) is 1.24. The molecule has 27 heavy (non-hydrogen) atoms. The number of carbonyl (C=O) groups excluding carboxylic acids is 1. The van der Waals surface area contributed by atoms with Gasteiger partial charge in [0.2, 0.25) is 10.0 Å². The second-order valence-electron chi connectivity index (χ2n) is 5.58. The number of anilines is 1. The van der Waals surface area contributed by atoms with Crippen LogP contribution in [0.5, 0.6) is 0 Å². The lowest BCUT2D eigenvalue weighted by atomic mass is 10.1. The van der Waals surface area contributed by atoms with Gasteiger partial charge in [-0.1, -0.05) is 57.3 Å². The van der Waals surface area contributed by atoms with Gasteiger partial charge in [0.25, 0.3) is 5.91 Å². The lowest BCUT2D eigenvalue weighted by molar-refractivity contribution is -0.119. The minimum absolute atomic E-state index is 0.0481. The standard InChI is InChI=1S/C17H16BrCl2N3O3S/c1-11(12-6-8-13(18)9-7-12)21-22-16(24)10-23(27(2,25)26)15-5-3-4-14(19)17(15)20/h3-9H,10H2,1-2H3,(H,22,24)/b21-11-. The topological polar surface area (TPSA) is 78.8 Å². The second-order valence-corrected chi connectivity index (χ2v) is 9.19. The number of rotatable bonds is 6. The van der Waals surface area contributed by atoms with E-state index in [2.05, 4.69) is 26.5 Å². The highest BCUT2D eigenvalue weighted by Crippen LogP contribution is 2.33. The zero-order valence-electron chi connectivity index (χ0n) is 14.4. The molecule has 1 N–H and O–H groups in total. The van der Waals surface area contributed by atoms with Crippen LogP contribution in [0, 0.1) is 0 Å². The molecule has 0 atom stereocenters. The second kappa shape index (κ2) is 9.05. The molecule has 0 saturated heterocycles. The molecule has 0 aromatic heterocycles. The number of carbonyl (C=O) groups is 1. The van der Waals surface area contributed by atoms with Crippen molar-refractivity contribution in [2.45, 2.75) is 6.92 Å². The first-order valence-corrected chi connectivity index (χ1v) is 11.0. The van der Waals surface area contributed by atoms with Gasteiger partial charge >= 0.3 is 0 Å². The van der Waals surface area contributed by atoms with Crippen molar-refractivity contribution in [1.82, 2.24) is 5.43 Å². The third-order valence-electron chi connectivity index (χ3n) is 3.50. The van der Waals surface area contributed by atoms with Crippen LogP contribution in [0.3, 0.4) is 0 Å². The maximum absolute atomic E-state index is 12.3. The smallest absolute Gasteiger partial charge is 0.260 e. The fourth-order valence-electron chi connectivity index (χ4n) is 2.13.